The van der Waals surface area contributed by atoms with E-state index >= 15 is 0 Å². The van der Waals surface area contributed by atoms with Crippen LogP contribution in [0.3, 0.4) is 0 Å². The van der Waals surface area contributed by atoms with E-state index in [1.54, 1.807) is 37.2 Å². The van der Waals surface area contributed by atoms with E-state index in [1.165, 1.54) is 0 Å². The standard InChI is InChI=1S/C21H26ClN5O3/c1-15(21(29)25-18-4-3-9-23-20(18)22)26(2)14-19(28)24-16-5-7-17(8-6-16)27-10-12-30-13-11-27/h3-9,15H,10-14H2,1-2H3,(H,24,28)(H,25,29). The molecule has 8 nitrogen and oxygen atoms in total. The van der Waals surface area contributed by atoms with Crippen LogP contribution in [0.2, 0.25) is 5.15 Å². The molecule has 1 atom stereocenters. The Morgan fingerprint density at radius 1 is 1.20 bits per heavy atom. The molecule has 30 heavy (non-hydrogen) atoms. The van der Waals surface area contributed by atoms with Crippen LogP contribution in [0.5, 0.6) is 0 Å². The van der Waals surface area contributed by atoms with Crippen molar-refractivity contribution in [2.24, 2.45) is 0 Å². The van der Waals surface area contributed by atoms with Crippen molar-refractivity contribution in [2.45, 2.75) is 13.0 Å². The fourth-order valence-electron chi connectivity index (χ4n) is 3.06. The number of likely N-dealkylation sites (N-methyl/N-ethyl adjacent to an activating group) is 1. The lowest BCUT2D eigenvalue weighted by Gasteiger charge is -2.29. The fraction of sp³-hybridized carbons (Fsp3) is 0.381. The van der Waals surface area contributed by atoms with Crippen LogP contribution < -0.4 is 15.5 Å². The molecular weight excluding hydrogens is 406 g/mol. The normalized spacial score (nSPS) is 15.0. The summed E-state index contributed by atoms with van der Waals surface area (Å²) in [4.78, 5) is 32.7. The molecular formula is C21H26ClN5O3. The summed E-state index contributed by atoms with van der Waals surface area (Å²) >= 11 is 5.98. The highest BCUT2D eigenvalue weighted by Gasteiger charge is 2.21. The molecule has 2 heterocycles. The van der Waals surface area contributed by atoms with Gasteiger partial charge in [-0.25, -0.2) is 4.98 Å². The number of carbonyl (C=O) groups is 2. The van der Waals surface area contributed by atoms with Gasteiger partial charge in [-0.05, 0) is 50.4 Å². The lowest BCUT2D eigenvalue weighted by Crippen LogP contribution is -2.43. The predicted octanol–water partition coefficient (Wildman–Crippen LogP) is 2.47. The zero-order valence-corrected chi connectivity index (χ0v) is 17.9. The number of nitrogens with zero attached hydrogens (tertiary/aromatic N) is 3. The van der Waals surface area contributed by atoms with Gasteiger partial charge >= 0.3 is 0 Å². The summed E-state index contributed by atoms with van der Waals surface area (Å²) in [6.07, 6.45) is 1.55. The molecule has 1 aliphatic heterocycles. The topological polar surface area (TPSA) is 86.8 Å². The maximum Gasteiger partial charge on any atom is 0.241 e. The first kappa shape index (κ1) is 22.0. The Morgan fingerprint density at radius 2 is 1.90 bits per heavy atom. The molecule has 2 amide bonds. The first-order valence-electron chi connectivity index (χ1n) is 9.78. The molecule has 160 valence electrons. The van der Waals surface area contributed by atoms with Crippen LogP contribution >= 0.6 is 11.6 Å². The molecule has 2 N–H and O–H groups in total. The minimum atomic E-state index is -0.532. The third-order valence-corrected chi connectivity index (χ3v) is 5.28. The zero-order chi connectivity index (χ0) is 21.5. The SMILES string of the molecule is CC(C(=O)Nc1cccnc1Cl)N(C)CC(=O)Nc1ccc(N2CCOCC2)cc1. The first-order valence-corrected chi connectivity index (χ1v) is 10.2. The molecule has 0 saturated carbocycles. The van der Waals surface area contributed by atoms with Crippen molar-refractivity contribution in [3.63, 3.8) is 0 Å². The summed E-state index contributed by atoms with van der Waals surface area (Å²) in [5, 5.41) is 5.82. The highest BCUT2D eigenvalue weighted by Crippen LogP contribution is 2.20. The molecule has 1 fully saturated rings. The second-order valence-electron chi connectivity index (χ2n) is 7.12. The maximum atomic E-state index is 12.4. The lowest BCUT2D eigenvalue weighted by molar-refractivity contribution is -0.122. The van der Waals surface area contributed by atoms with Gasteiger partial charge in [-0.3, -0.25) is 14.5 Å². The third-order valence-electron chi connectivity index (χ3n) is 4.98. The number of hydrogen-bond acceptors (Lipinski definition) is 6. The number of amides is 2. The van der Waals surface area contributed by atoms with Gasteiger partial charge in [0.05, 0.1) is 31.5 Å². The van der Waals surface area contributed by atoms with E-state index < -0.39 is 6.04 Å². The van der Waals surface area contributed by atoms with Crippen molar-refractivity contribution < 1.29 is 14.3 Å². The summed E-state index contributed by atoms with van der Waals surface area (Å²) < 4.78 is 5.37. The van der Waals surface area contributed by atoms with Gasteiger partial charge in [0, 0.05) is 30.7 Å². The van der Waals surface area contributed by atoms with Crippen molar-refractivity contribution in [3.8, 4) is 0 Å². The number of halogens is 1. The molecule has 1 aromatic carbocycles. The highest BCUT2D eigenvalue weighted by molar-refractivity contribution is 6.32. The number of aromatic nitrogens is 1. The third kappa shape index (κ3) is 5.91. The Labute approximate surface area is 181 Å². The van der Waals surface area contributed by atoms with Gasteiger partial charge in [0.1, 0.15) is 0 Å². The Hall–Kier alpha value is -2.68. The van der Waals surface area contributed by atoms with Gasteiger partial charge in [0.15, 0.2) is 5.15 Å². The van der Waals surface area contributed by atoms with Crippen molar-refractivity contribution in [3.05, 3.63) is 47.7 Å². The number of anilines is 3. The monoisotopic (exact) mass is 431 g/mol. The number of nitrogens with one attached hydrogen (secondary N) is 2. The molecule has 0 radical (unpaired) electrons. The Balaban J connectivity index is 1.49. The van der Waals surface area contributed by atoms with E-state index in [4.69, 9.17) is 16.3 Å². The quantitative estimate of drug-likeness (QED) is 0.655. The van der Waals surface area contributed by atoms with E-state index in [0.29, 0.717) is 11.4 Å². The van der Waals surface area contributed by atoms with Crippen LogP contribution in [0, 0.1) is 0 Å². The largest absolute Gasteiger partial charge is 0.378 e. The van der Waals surface area contributed by atoms with Crippen molar-refractivity contribution >= 4 is 40.5 Å². The minimum absolute atomic E-state index is 0.0700. The highest BCUT2D eigenvalue weighted by atomic mass is 35.5. The molecule has 3 rings (SSSR count). The summed E-state index contributed by atoms with van der Waals surface area (Å²) in [7, 11) is 1.72. The van der Waals surface area contributed by atoms with Gasteiger partial charge in [-0.2, -0.15) is 0 Å². The number of rotatable bonds is 7. The molecule has 2 aromatic rings. The van der Waals surface area contributed by atoms with E-state index in [1.807, 2.05) is 24.3 Å². The van der Waals surface area contributed by atoms with Crippen LogP contribution in [-0.2, 0) is 14.3 Å². The number of morpholine rings is 1. The zero-order valence-electron chi connectivity index (χ0n) is 17.1. The first-order chi connectivity index (χ1) is 14.4. The maximum absolute atomic E-state index is 12.4. The molecule has 1 saturated heterocycles. The van der Waals surface area contributed by atoms with Gasteiger partial charge < -0.3 is 20.3 Å². The van der Waals surface area contributed by atoms with E-state index in [2.05, 4.69) is 20.5 Å². The van der Waals surface area contributed by atoms with Crippen LogP contribution in [0.1, 0.15) is 6.92 Å². The molecule has 0 aliphatic carbocycles. The molecule has 9 heteroatoms. The summed E-state index contributed by atoms with van der Waals surface area (Å²) in [5.41, 5.74) is 2.26. The number of ether oxygens (including phenoxy) is 1. The minimum Gasteiger partial charge on any atom is -0.378 e. The molecule has 0 bridgehead atoms. The average molecular weight is 432 g/mol. The Kier molecular flexibility index (Phi) is 7.62. The molecule has 1 aliphatic rings. The van der Waals surface area contributed by atoms with E-state index in [-0.39, 0.29) is 23.5 Å². The number of benzene rings is 1. The van der Waals surface area contributed by atoms with Gasteiger partial charge in [-0.1, -0.05) is 11.6 Å². The van der Waals surface area contributed by atoms with E-state index in [0.717, 1.165) is 32.0 Å². The van der Waals surface area contributed by atoms with Crippen molar-refractivity contribution in [1.82, 2.24) is 9.88 Å². The number of pyridine rings is 1. The van der Waals surface area contributed by atoms with Crippen LogP contribution in [0.25, 0.3) is 0 Å². The Morgan fingerprint density at radius 3 is 2.57 bits per heavy atom. The average Bonchev–Trinajstić information content (AvgIpc) is 2.75. The molecule has 0 spiro atoms. The number of carbonyl (C=O) groups excluding carboxylic acids is 2. The van der Waals surface area contributed by atoms with Crippen molar-refractivity contribution in [1.29, 1.82) is 0 Å². The van der Waals surface area contributed by atoms with Gasteiger partial charge in [0.25, 0.3) is 0 Å². The lowest BCUT2D eigenvalue weighted by atomic mass is 10.2. The number of hydrogen-bond donors (Lipinski definition) is 2. The summed E-state index contributed by atoms with van der Waals surface area (Å²) in [6.45, 7) is 4.97. The smallest absolute Gasteiger partial charge is 0.241 e. The fourth-order valence-corrected chi connectivity index (χ4v) is 3.22. The van der Waals surface area contributed by atoms with Gasteiger partial charge in [0.2, 0.25) is 11.8 Å². The summed E-state index contributed by atoms with van der Waals surface area (Å²) in [6, 6.07) is 10.6. The van der Waals surface area contributed by atoms with E-state index in [9.17, 15) is 9.59 Å². The second-order valence-corrected chi connectivity index (χ2v) is 7.47. The van der Waals surface area contributed by atoms with Crippen molar-refractivity contribution in [2.75, 3.05) is 55.4 Å². The molecule has 1 unspecified atom stereocenters. The second kappa shape index (κ2) is 10.4. The van der Waals surface area contributed by atoms with Crippen LogP contribution in [-0.4, -0.2) is 67.6 Å². The van der Waals surface area contributed by atoms with Crippen LogP contribution in [0.15, 0.2) is 42.6 Å². The predicted molar refractivity (Wildman–Crippen MR) is 118 cm³/mol. The summed E-state index contributed by atoms with van der Waals surface area (Å²) in [5.74, 6) is -0.467. The van der Waals surface area contributed by atoms with Crippen LogP contribution in [0.4, 0.5) is 17.1 Å². The van der Waals surface area contributed by atoms with Gasteiger partial charge in [-0.15, -0.1) is 0 Å². The Bertz CT molecular complexity index is 871. The molecule has 1 aromatic heterocycles.